The van der Waals surface area contributed by atoms with Gasteiger partial charge < -0.3 is 11.1 Å². The van der Waals surface area contributed by atoms with Gasteiger partial charge in [-0.15, -0.1) is 0 Å². The summed E-state index contributed by atoms with van der Waals surface area (Å²) >= 11 is 0. The summed E-state index contributed by atoms with van der Waals surface area (Å²) in [6.45, 7) is 8.06. The van der Waals surface area contributed by atoms with Crippen LogP contribution in [0.2, 0.25) is 0 Å². The first-order chi connectivity index (χ1) is 8.38. The third kappa shape index (κ3) is 2.80. The van der Waals surface area contributed by atoms with Crippen molar-refractivity contribution < 1.29 is 4.79 Å². The van der Waals surface area contributed by atoms with Crippen molar-refractivity contribution in [2.45, 2.75) is 39.5 Å². The molecule has 3 N–H and O–H groups in total. The van der Waals surface area contributed by atoms with E-state index in [1.807, 2.05) is 33.8 Å². The number of carbonyl (C=O) groups excluding carboxylic acids is 1. The van der Waals surface area contributed by atoms with E-state index in [1.54, 1.807) is 6.07 Å². The Hall–Kier alpha value is -2.02. The normalized spacial score (nSPS) is 10.5. The van der Waals surface area contributed by atoms with Crippen LogP contribution in [-0.4, -0.2) is 6.03 Å². The van der Waals surface area contributed by atoms with Crippen LogP contribution < -0.4 is 11.1 Å². The third-order valence-electron chi connectivity index (χ3n) is 2.85. The van der Waals surface area contributed by atoms with Gasteiger partial charge in [0.05, 0.1) is 17.3 Å². The fourth-order valence-electron chi connectivity index (χ4n) is 2.08. The fourth-order valence-corrected chi connectivity index (χ4v) is 2.08. The number of rotatable bonds is 3. The Kier molecular flexibility index (Phi) is 4.33. The fraction of sp³-hybridized carbons (Fsp3) is 0.429. The van der Waals surface area contributed by atoms with E-state index in [-0.39, 0.29) is 11.8 Å². The average Bonchev–Trinajstić information content (AvgIpc) is 2.26. The number of nitrogens with two attached hydrogens (primary N) is 1. The second kappa shape index (κ2) is 5.54. The Morgan fingerprint density at radius 1 is 1.28 bits per heavy atom. The maximum Gasteiger partial charge on any atom is 0.316 e. The van der Waals surface area contributed by atoms with Crippen LogP contribution >= 0.6 is 0 Å². The van der Waals surface area contributed by atoms with Crippen molar-refractivity contribution in [2.24, 2.45) is 5.73 Å². The van der Waals surface area contributed by atoms with E-state index < -0.39 is 6.03 Å². The molecule has 0 aliphatic heterocycles. The highest BCUT2D eigenvalue weighted by Crippen LogP contribution is 2.34. The molecule has 0 aliphatic carbocycles. The molecule has 0 saturated carbocycles. The number of nitrogens with one attached hydrogen (secondary N) is 1. The van der Waals surface area contributed by atoms with Crippen LogP contribution in [0.1, 0.15) is 56.2 Å². The molecule has 0 heterocycles. The molecule has 18 heavy (non-hydrogen) atoms. The van der Waals surface area contributed by atoms with E-state index >= 15 is 0 Å². The number of carbonyl (C=O) groups is 1. The molecule has 0 spiro atoms. The zero-order valence-electron chi connectivity index (χ0n) is 11.2. The van der Waals surface area contributed by atoms with E-state index in [4.69, 9.17) is 11.0 Å². The first-order valence-corrected chi connectivity index (χ1v) is 6.01. The predicted octanol–water partition coefficient (Wildman–Crippen LogP) is 3.30. The van der Waals surface area contributed by atoms with Crippen LogP contribution in [0, 0.1) is 11.3 Å². The quantitative estimate of drug-likeness (QED) is 0.856. The van der Waals surface area contributed by atoms with Gasteiger partial charge in [0.15, 0.2) is 0 Å². The van der Waals surface area contributed by atoms with Gasteiger partial charge in [-0.3, -0.25) is 0 Å². The Labute approximate surface area is 108 Å². The minimum atomic E-state index is -0.603. The molecule has 1 aromatic carbocycles. The van der Waals surface area contributed by atoms with Crippen molar-refractivity contribution in [3.63, 3.8) is 0 Å². The van der Waals surface area contributed by atoms with Crippen LogP contribution in [-0.2, 0) is 0 Å². The summed E-state index contributed by atoms with van der Waals surface area (Å²) in [5, 5.41) is 11.8. The zero-order valence-corrected chi connectivity index (χ0v) is 11.2. The van der Waals surface area contributed by atoms with Gasteiger partial charge in [0.25, 0.3) is 0 Å². The maximum atomic E-state index is 11.1. The molecule has 1 rings (SSSR count). The van der Waals surface area contributed by atoms with Crippen LogP contribution in [0.25, 0.3) is 0 Å². The molecule has 0 aliphatic rings. The first-order valence-electron chi connectivity index (χ1n) is 6.01. The first kappa shape index (κ1) is 14.0. The second-order valence-corrected chi connectivity index (χ2v) is 4.90. The topological polar surface area (TPSA) is 78.9 Å². The number of nitriles is 1. The van der Waals surface area contributed by atoms with E-state index in [0.717, 1.165) is 11.1 Å². The Morgan fingerprint density at radius 3 is 2.28 bits per heavy atom. The molecule has 0 atom stereocenters. The molecule has 2 amide bonds. The molecule has 4 nitrogen and oxygen atoms in total. The SMILES string of the molecule is CC(C)c1ccc(C#N)c(C(C)C)c1NC(N)=O. The van der Waals surface area contributed by atoms with Gasteiger partial charge in [-0.2, -0.15) is 5.26 Å². The third-order valence-corrected chi connectivity index (χ3v) is 2.85. The van der Waals surface area contributed by atoms with E-state index in [9.17, 15) is 4.79 Å². The Balaban J connectivity index is 3.55. The lowest BCUT2D eigenvalue weighted by Gasteiger charge is -2.20. The van der Waals surface area contributed by atoms with Gasteiger partial charge >= 0.3 is 6.03 Å². The summed E-state index contributed by atoms with van der Waals surface area (Å²) in [5.74, 6) is 0.386. The zero-order chi connectivity index (χ0) is 13.9. The van der Waals surface area contributed by atoms with Crippen LogP contribution in [0.15, 0.2) is 12.1 Å². The predicted molar refractivity (Wildman–Crippen MR) is 72.5 cm³/mol. The summed E-state index contributed by atoms with van der Waals surface area (Å²) in [6, 6.07) is 5.24. The average molecular weight is 245 g/mol. The lowest BCUT2D eigenvalue weighted by molar-refractivity contribution is 0.259. The van der Waals surface area contributed by atoms with Crippen molar-refractivity contribution in [1.29, 1.82) is 5.26 Å². The number of nitrogens with zero attached hydrogens (tertiary/aromatic N) is 1. The molecule has 0 fully saturated rings. The van der Waals surface area contributed by atoms with Crippen molar-refractivity contribution in [2.75, 3.05) is 5.32 Å². The number of hydrogen-bond donors (Lipinski definition) is 2. The minimum absolute atomic E-state index is 0.139. The Morgan fingerprint density at radius 2 is 1.89 bits per heavy atom. The molecule has 0 unspecified atom stereocenters. The number of amides is 2. The number of anilines is 1. The molecular weight excluding hydrogens is 226 g/mol. The van der Waals surface area contributed by atoms with Crippen molar-refractivity contribution in [3.05, 3.63) is 28.8 Å². The largest absolute Gasteiger partial charge is 0.351 e. The van der Waals surface area contributed by atoms with Crippen molar-refractivity contribution in [1.82, 2.24) is 0 Å². The van der Waals surface area contributed by atoms with Gasteiger partial charge in [-0.25, -0.2) is 4.79 Å². The monoisotopic (exact) mass is 245 g/mol. The molecule has 0 saturated heterocycles. The van der Waals surface area contributed by atoms with Gasteiger partial charge in [-0.05, 0) is 29.0 Å². The van der Waals surface area contributed by atoms with Crippen molar-refractivity contribution in [3.8, 4) is 6.07 Å². The summed E-state index contributed by atoms with van der Waals surface area (Å²) in [4.78, 5) is 11.1. The summed E-state index contributed by atoms with van der Waals surface area (Å²) < 4.78 is 0. The number of hydrogen-bond acceptors (Lipinski definition) is 2. The molecule has 96 valence electrons. The second-order valence-electron chi connectivity index (χ2n) is 4.90. The minimum Gasteiger partial charge on any atom is -0.351 e. The smallest absolute Gasteiger partial charge is 0.316 e. The van der Waals surface area contributed by atoms with Gasteiger partial charge in [0, 0.05) is 0 Å². The highest BCUT2D eigenvalue weighted by molar-refractivity contribution is 5.90. The lowest BCUT2D eigenvalue weighted by Crippen LogP contribution is -2.22. The summed E-state index contributed by atoms with van der Waals surface area (Å²) in [6.07, 6.45) is 0. The number of benzene rings is 1. The maximum absolute atomic E-state index is 11.1. The molecule has 1 aromatic rings. The lowest BCUT2D eigenvalue weighted by atomic mass is 9.89. The number of urea groups is 1. The van der Waals surface area contributed by atoms with Gasteiger partial charge in [0.2, 0.25) is 0 Å². The van der Waals surface area contributed by atoms with Crippen LogP contribution in [0.3, 0.4) is 0 Å². The Bertz CT molecular complexity index is 498. The highest BCUT2D eigenvalue weighted by atomic mass is 16.2. The molecule has 0 radical (unpaired) electrons. The highest BCUT2D eigenvalue weighted by Gasteiger charge is 2.18. The van der Waals surface area contributed by atoms with Crippen LogP contribution in [0.5, 0.6) is 0 Å². The number of primary amides is 1. The molecule has 0 bridgehead atoms. The van der Waals surface area contributed by atoms with Gasteiger partial charge in [0.1, 0.15) is 0 Å². The molecule has 0 aromatic heterocycles. The van der Waals surface area contributed by atoms with Gasteiger partial charge in [-0.1, -0.05) is 33.8 Å². The van der Waals surface area contributed by atoms with E-state index in [1.165, 1.54) is 0 Å². The van der Waals surface area contributed by atoms with Crippen LogP contribution in [0.4, 0.5) is 10.5 Å². The molecular formula is C14H19N3O. The summed E-state index contributed by atoms with van der Waals surface area (Å²) in [7, 11) is 0. The standard InChI is InChI=1S/C14H19N3O/c1-8(2)11-6-5-10(7-15)12(9(3)4)13(11)17-14(16)18/h5-6,8-9H,1-4H3,(H3,16,17,18). The van der Waals surface area contributed by atoms with Crippen molar-refractivity contribution >= 4 is 11.7 Å². The summed E-state index contributed by atoms with van der Waals surface area (Å²) in [5.41, 5.74) is 8.34. The van der Waals surface area contributed by atoms with E-state index in [0.29, 0.717) is 11.3 Å². The van der Waals surface area contributed by atoms with E-state index in [2.05, 4.69) is 11.4 Å². The molecule has 4 heteroatoms.